The standard InChI is InChI=1S/C21H24N4O3/c1-2-27-20-23-19(28-24-20)16-11-14-9-6-10-25(18(14)16)21(26)22-17-12-15(17)13-7-4-3-5-8-13/h4,7-8,14-18H,2,6,9-12H2,1H3,(H,22,26). The maximum atomic E-state index is 13.0. The Hall–Kier alpha value is -2.75. The summed E-state index contributed by atoms with van der Waals surface area (Å²) < 4.78 is 10.7. The smallest absolute Gasteiger partial charge is 0.354 e. The Morgan fingerprint density at radius 2 is 2.32 bits per heavy atom. The fourth-order valence-corrected chi connectivity index (χ4v) is 4.77. The van der Waals surface area contributed by atoms with Gasteiger partial charge in [-0.2, -0.15) is 4.98 Å². The molecule has 2 saturated carbocycles. The zero-order valence-corrected chi connectivity index (χ0v) is 15.9. The molecule has 1 saturated heterocycles. The van der Waals surface area contributed by atoms with Crippen LogP contribution in [0.25, 0.3) is 0 Å². The minimum Gasteiger partial charge on any atom is -0.462 e. The molecule has 5 unspecified atom stereocenters. The third-order valence-electron chi connectivity index (χ3n) is 6.27. The van der Waals surface area contributed by atoms with E-state index in [1.807, 2.05) is 24.0 Å². The Morgan fingerprint density at radius 3 is 3.14 bits per heavy atom. The van der Waals surface area contributed by atoms with Gasteiger partial charge in [0.05, 0.1) is 12.5 Å². The van der Waals surface area contributed by atoms with Gasteiger partial charge in [-0.3, -0.25) is 0 Å². The number of likely N-dealkylation sites (tertiary alicyclic amines) is 1. The van der Waals surface area contributed by atoms with Crippen LogP contribution in [0.3, 0.4) is 0 Å². The Labute approximate surface area is 164 Å². The second-order valence-electron chi connectivity index (χ2n) is 7.94. The van der Waals surface area contributed by atoms with E-state index in [1.165, 1.54) is 5.56 Å². The average Bonchev–Trinajstić information content (AvgIpc) is 3.31. The van der Waals surface area contributed by atoms with Gasteiger partial charge in [-0.1, -0.05) is 12.1 Å². The van der Waals surface area contributed by atoms with Crippen LogP contribution in [0.5, 0.6) is 6.01 Å². The summed E-state index contributed by atoms with van der Waals surface area (Å²) in [5.41, 5.74) is 1.22. The number of amides is 2. The van der Waals surface area contributed by atoms with Crippen molar-refractivity contribution in [3.63, 3.8) is 0 Å². The van der Waals surface area contributed by atoms with E-state index in [-0.39, 0.29) is 30.0 Å². The van der Waals surface area contributed by atoms with Crippen molar-refractivity contribution in [3.8, 4) is 6.01 Å². The number of nitrogens with one attached hydrogen (secondary N) is 1. The highest BCUT2D eigenvalue weighted by atomic mass is 16.5. The second-order valence-corrected chi connectivity index (χ2v) is 7.94. The maximum Gasteiger partial charge on any atom is 0.354 e. The summed E-state index contributed by atoms with van der Waals surface area (Å²) in [6, 6.07) is 12.5. The number of fused-ring (bicyclic) bond motifs is 1. The Morgan fingerprint density at radius 1 is 1.39 bits per heavy atom. The minimum atomic E-state index is 0.0305. The fourth-order valence-electron chi connectivity index (χ4n) is 4.77. The summed E-state index contributed by atoms with van der Waals surface area (Å²) in [5.74, 6) is 1.59. The molecule has 7 nitrogen and oxygen atoms in total. The summed E-state index contributed by atoms with van der Waals surface area (Å²) in [5, 5.41) is 7.11. The van der Waals surface area contributed by atoms with Gasteiger partial charge in [0.1, 0.15) is 0 Å². The van der Waals surface area contributed by atoms with Gasteiger partial charge in [-0.25, -0.2) is 4.79 Å². The molecule has 2 amide bonds. The SMILES string of the molecule is CCOc1noc(C2CC3CCCN(C(=O)NC4CC4c4cc#ccc4)C32)n1. The quantitative estimate of drug-likeness (QED) is 0.863. The van der Waals surface area contributed by atoms with Gasteiger partial charge < -0.3 is 19.5 Å². The van der Waals surface area contributed by atoms with Gasteiger partial charge in [0.25, 0.3) is 0 Å². The number of hydrogen-bond donors (Lipinski definition) is 1. The summed E-state index contributed by atoms with van der Waals surface area (Å²) in [6.07, 6.45) is 4.17. The molecule has 0 radical (unpaired) electrons. The van der Waals surface area contributed by atoms with Crippen LogP contribution in [-0.2, 0) is 0 Å². The van der Waals surface area contributed by atoms with Crippen LogP contribution in [0, 0.1) is 18.1 Å². The van der Waals surface area contributed by atoms with Crippen molar-refractivity contribution in [2.24, 2.45) is 5.92 Å². The van der Waals surface area contributed by atoms with Crippen molar-refractivity contribution in [2.75, 3.05) is 13.2 Å². The van der Waals surface area contributed by atoms with Gasteiger partial charge >= 0.3 is 12.0 Å². The van der Waals surface area contributed by atoms with Crippen LogP contribution in [0.1, 0.15) is 55.9 Å². The molecule has 0 spiro atoms. The van der Waals surface area contributed by atoms with E-state index in [1.54, 1.807) is 0 Å². The lowest BCUT2D eigenvalue weighted by Crippen LogP contribution is -2.60. The Balaban J connectivity index is 1.24. The molecule has 2 aromatic rings. The number of piperidine rings is 1. The molecule has 5 rings (SSSR count). The molecule has 2 heterocycles. The predicted molar refractivity (Wildman–Crippen MR) is 99.8 cm³/mol. The van der Waals surface area contributed by atoms with Crippen LogP contribution in [0.15, 0.2) is 22.7 Å². The zero-order valence-electron chi connectivity index (χ0n) is 15.9. The summed E-state index contributed by atoms with van der Waals surface area (Å²) in [6.45, 7) is 3.17. The molecule has 1 N–H and O–H groups in total. The van der Waals surface area contributed by atoms with Crippen molar-refractivity contribution in [2.45, 2.75) is 56.5 Å². The van der Waals surface area contributed by atoms with Crippen molar-refractivity contribution in [3.05, 3.63) is 41.8 Å². The van der Waals surface area contributed by atoms with E-state index in [4.69, 9.17) is 9.26 Å². The average molecular weight is 380 g/mol. The lowest BCUT2D eigenvalue weighted by atomic mass is 9.65. The molecule has 2 aliphatic carbocycles. The number of aromatic nitrogens is 2. The van der Waals surface area contributed by atoms with Crippen LogP contribution in [0.2, 0.25) is 0 Å². The van der Waals surface area contributed by atoms with Crippen LogP contribution in [-0.4, -0.2) is 46.3 Å². The molecule has 28 heavy (non-hydrogen) atoms. The fraction of sp³-hybridized carbons (Fsp3) is 0.571. The third-order valence-corrected chi connectivity index (χ3v) is 6.27. The molecular formula is C21H24N4O3. The van der Waals surface area contributed by atoms with Crippen LogP contribution >= 0.6 is 0 Å². The maximum absolute atomic E-state index is 13.0. The minimum absolute atomic E-state index is 0.0305. The molecule has 3 fully saturated rings. The van der Waals surface area contributed by atoms with Gasteiger partial charge in [-0.05, 0) is 67.4 Å². The van der Waals surface area contributed by atoms with E-state index in [9.17, 15) is 4.79 Å². The molecule has 146 valence electrons. The highest BCUT2D eigenvalue weighted by molar-refractivity contribution is 5.76. The lowest BCUT2D eigenvalue weighted by molar-refractivity contribution is 0.0123. The first kappa shape index (κ1) is 17.4. The van der Waals surface area contributed by atoms with Crippen LogP contribution < -0.4 is 10.1 Å². The number of nitrogens with zero attached hydrogens (tertiary/aromatic N) is 3. The van der Waals surface area contributed by atoms with E-state index in [2.05, 4.69) is 33.7 Å². The molecule has 7 heteroatoms. The van der Waals surface area contributed by atoms with E-state index < -0.39 is 0 Å². The van der Waals surface area contributed by atoms with Gasteiger partial charge in [-0.15, -0.1) is 0 Å². The number of urea groups is 1. The number of carbonyl (C=O) groups excluding carboxylic acids is 1. The topological polar surface area (TPSA) is 80.5 Å². The summed E-state index contributed by atoms with van der Waals surface area (Å²) in [4.78, 5) is 19.4. The predicted octanol–water partition coefficient (Wildman–Crippen LogP) is 2.90. The van der Waals surface area contributed by atoms with Gasteiger partial charge in [0, 0.05) is 24.5 Å². The van der Waals surface area contributed by atoms with E-state index >= 15 is 0 Å². The molecule has 1 aliphatic heterocycles. The van der Waals surface area contributed by atoms with Crippen LogP contribution in [0.4, 0.5) is 4.79 Å². The molecule has 1 aromatic heterocycles. The third kappa shape index (κ3) is 3.07. The summed E-state index contributed by atoms with van der Waals surface area (Å²) >= 11 is 0. The first-order valence-electron chi connectivity index (χ1n) is 10.2. The molecule has 1 aromatic carbocycles. The Bertz CT molecular complexity index is 839. The molecule has 0 bridgehead atoms. The molecule has 3 aliphatic rings. The van der Waals surface area contributed by atoms with Crippen molar-refractivity contribution >= 4 is 6.03 Å². The lowest BCUT2D eigenvalue weighted by Gasteiger charge is -2.52. The van der Waals surface area contributed by atoms with E-state index in [0.717, 1.165) is 32.2 Å². The summed E-state index contributed by atoms with van der Waals surface area (Å²) in [7, 11) is 0. The number of rotatable bonds is 5. The number of carbonyl (C=O) groups is 1. The van der Waals surface area contributed by atoms with Gasteiger partial charge in [0.2, 0.25) is 5.89 Å². The number of ether oxygens (including phenoxy) is 1. The largest absolute Gasteiger partial charge is 0.462 e. The first-order chi connectivity index (χ1) is 13.7. The first-order valence-corrected chi connectivity index (χ1v) is 10.2. The van der Waals surface area contributed by atoms with Crippen molar-refractivity contribution < 1.29 is 14.1 Å². The molecular weight excluding hydrogens is 356 g/mol. The van der Waals surface area contributed by atoms with Crippen molar-refractivity contribution in [1.82, 2.24) is 20.4 Å². The highest BCUT2D eigenvalue weighted by Gasteiger charge is 2.52. The molecule has 5 atom stereocenters. The van der Waals surface area contributed by atoms with Gasteiger partial charge in [0.15, 0.2) is 0 Å². The van der Waals surface area contributed by atoms with Crippen molar-refractivity contribution in [1.29, 1.82) is 0 Å². The second kappa shape index (κ2) is 7.01. The normalized spacial score (nSPS) is 30.6. The Kier molecular flexibility index (Phi) is 4.34. The number of hydrogen-bond acceptors (Lipinski definition) is 5. The monoisotopic (exact) mass is 380 g/mol. The van der Waals surface area contributed by atoms with E-state index in [0.29, 0.717) is 24.3 Å². The zero-order chi connectivity index (χ0) is 19.1. The highest BCUT2D eigenvalue weighted by Crippen LogP contribution is 2.49.